The van der Waals surface area contributed by atoms with Gasteiger partial charge in [0.1, 0.15) is 5.82 Å². The van der Waals surface area contributed by atoms with Crippen molar-refractivity contribution in [3.8, 4) is 0 Å². The smallest absolute Gasteiger partial charge is 0.244 e. The lowest BCUT2D eigenvalue weighted by Crippen LogP contribution is -2.08. The van der Waals surface area contributed by atoms with E-state index in [4.69, 9.17) is 0 Å². The van der Waals surface area contributed by atoms with Crippen molar-refractivity contribution in [1.82, 2.24) is 15.2 Å². The van der Waals surface area contributed by atoms with Crippen molar-refractivity contribution in [2.24, 2.45) is 0 Å². The number of halogens is 1. The summed E-state index contributed by atoms with van der Waals surface area (Å²) in [6.07, 6.45) is 1.56. The standard InChI is InChI=1S/C18H18FN5/c1-13-3-2-4-15(9-13)11-21-18-23-17(12-22-24-18)20-10-14-5-7-16(19)8-6-14/h2-9,12H,10-11H2,1H3,(H2,20,21,23,24). The molecule has 0 unspecified atom stereocenters. The van der Waals surface area contributed by atoms with Crippen molar-refractivity contribution in [2.45, 2.75) is 20.0 Å². The Bertz CT molecular complexity index is 805. The minimum absolute atomic E-state index is 0.245. The number of aryl methyl sites for hydroxylation is 1. The van der Waals surface area contributed by atoms with Crippen LogP contribution in [0.25, 0.3) is 0 Å². The Labute approximate surface area is 140 Å². The van der Waals surface area contributed by atoms with Crippen molar-refractivity contribution < 1.29 is 4.39 Å². The summed E-state index contributed by atoms with van der Waals surface area (Å²) in [5, 5.41) is 14.2. The summed E-state index contributed by atoms with van der Waals surface area (Å²) >= 11 is 0. The van der Waals surface area contributed by atoms with Crippen molar-refractivity contribution in [3.63, 3.8) is 0 Å². The van der Waals surface area contributed by atoms with Crippen molar-refractivity contribution in [2.75, 3.05) is 10.6 Å². The molecule has 0 spiro atoms. The molecule has 0 aliphatic carbocycles. The van der Waals surface area contributed by atoms with Crippen LogP contribution in [0.1, 0.15) is 16.7 Å². The van der Waals surface area contributed by atoms with E-state index in [1.54, 1.807) is 18.3 Å². The lowest BCUT2D eigenvalue weighted by Gasteiger charge is -2.08. The van der Waals surface area contributed by atoms with E-state index < -0.39 is 0 Å². The third-order valence-electron chi connectivity index (χ3n) is 3.48. The van der Waals surface area contributed by atoms with Crippen LogP contribution < -0.4 is 10.6 Å². The Kier molecular flexibility index (Phi) is 4.96. The number of nitrogens with zero attached hydrogens (tertiary/aromatic N) is 3. The topological polar surface area (TPSA) is 62.7 Å². The molecule has 3 rings (SSSR count). The van der Waals surface area contributed by atoms with E-state index in [-0.39, 0.29) is 5.82 Å². The number of hydrogen-bond acceptors (Lipinski definition) is 5. The minimum atomic E-state index is -0.245. The summed E-state index contributed by atoms with van der Waals surface area (Å²) in [5.41, 5.74) is 3.33. The van der Waals surface area contributed by atoms with Gasteiger partial charge in [-0.3, -0.25) is 0 Å². The van der Waals surface area contributed by atoms with Gasteiger partial charge in [0.2, 0.25) is 5.95 Å². The molecule has 24 heavy (non-hydrogen) atoms. The third kappa shape index (κ3) is 4.49. The maximum absolute atomic E-state index is 12.9. The van der Waals surface area contributed by atoms with Crippen LogP contribution in [0.5, 0.6) is 0 Å². The average molecular weight is 323 g/mol. The molecule has 2 N–H and O–H groups in total. The summed E-state index contributed by atoms with van der Waals surface area (Å²) in [6, 6.07) is 14.6. The predicted molar refractivity (Wildman–Crippen MR) is 92.1 cm³/mol. The second-order valence-electron chi connectivity index (χ2n) is 5.49. The number of aromatic nitrogens is 3. The molecule has 1 aromatic heterocycles. The largest absolute Gasteiger partial charge is 0.365 e. The second-order valence-corrected chi connectivity index (χ2v) is 5.49. The van der Waals surface area contributed by atoms with E-state index in [1.165, 1.54) is 17.7 Å². The summed E-state index contributed by atoms with van der Waals surface area (Å²) in [6.45, 7) is 3.22. The Morgan fingerprint density at radius 2 is 1.75 bits per heavy atom. The van der Waals surface area contributed by atoms with Crippen molar-refractivity contribution >= 4 is 11.8 Å². The van der Waals surface area contributed by atoms with E-state index in [1.807, 2.05) is 12.1 Å². The van der Waals surface area contributed by atoms with E-state index >= 15 is 0 Å². The van der Waals surface area contributed by atoms with E-state index in [0.29, 0.717) is 24.9 Å². The van der Waals surface area contributed by atoms with Gasteiger partial charge in [-0.25, -0.2) is 4.39 Å². The first-order valence-electron chi connectivity index (χ1n) is 7.66. The van der Waals surface area contributed by atoms with E-state index in [9.17, 15) is 4.39 Å². The molecule has 0 bridgehead atoms. The molecule has 6 heteroatoms. The zero-order valence-corrected chi connectivity index (χ0v) is 13.3. The first kappa shape index (κ1) is 15.9. The van der Waals surface area contributed by atoms with Gasteiger partial charge in [0.05, 0.1) is 6.20 Å². The van der Waals surface area contributed by atoms with Gasteiger partial charge in [-0.15, -0.1) is 5.10 Å². The number of anilines is 2. The van der Waals surface area contributed by atoms with Gasteiger partial charge in [-0.1, -0.05) is 42.0 Å². The van der Waals surface area contributed by atoms with Crippen LogP contribution >= 0.6 is 0 Å². The van der Waals surface area contributed by atoms with Gasteiger partial charge < -0.3 is 10.6 Å². The molecule has 1 heterocycles. The SMILES string of the molecule is Cc1cccc(CNc2nncc(NCc3ccc(F)cc3)n2)c1. The monoisotopic (exact) mass is 323 g/mol. The zero-order chi connectivity index (χ0) is 16.8. The van der Waals surface area contributed by atoms with Crippen molar-refractivity contribution in [1.29, 1.82) is 0 Å². The molecule has 0 aliphatic rings. The Hall–Kier alpha value is -3.02. The van der Waals surface area contributed by atoms with Crippen molar-refractivity contribution in [3.05, 3.63) is 77.2 Å². The van der Waals surface area contributed by atoms with Crippen LogP contribution in [0.15, 0.2) is 54.7 Å². The summed E-state index contributed by atoms with van der Waals surface area (Å²) < 4.78 is 12.9. The minimum Gasteiger partial charge on any atom is -0.365 e. The summed E-state index contributed by atoms with van der Waals surface area (Å²) in [5.74, 6) is 0.826. The third-order valence-corrected chi connectivity index (χ3v) is 3.48. The highest BCUT2D eigenvalue weighted by atomic mass is 19.1. The normalized spacial score (nSPS) is 10.4. The predicted octanol–water partition coefficient (Wildman–Crippen LogP) is 3.54. The Morgan fingerprint density at radius 3 is 2.54 bits per heavy atom. The Balaban J connectivity index is 1.58. The average Bonchev–Trinajstić information content (AvgIpc) is 2.60. The highest BCUT2D eigenvalue weighted by Gasteiger charge is 2.01. The first-order valence-corrected chi connectivity index (χ1v) is 7.66. The van der Waals surface area contributed by atoms with Gasteiger partial charge >= 0.3 is 0 Å². The maximum Gasteiger partial charge on any atom is 0.244 e. The molecule has 5 nitrogen and oxygen atoms in total. The lowest BCUT2D eigenvalue weighted by molar-refractivity contribution is 0.627. The molecular weight excluding hydrogens is 305 g/mol. The fourth-order valence-corrected chi connectivity index (χ4v) is 2.26. The Morgan fingerprint density at radius 1 is 0.958 bits per heavy atom. The number of benzene rings is 2. The van der Waals surface area contributed by atoms with Gasteiger partial charge in [-0.05, 0) is 30.2 Å². The van der Waals surface area contributed by atoms with Gasteiger partial charge in [-0.2, -0.15) is 10.1 Å². The molecule has 0 saturated heterocycles. The molecule has 0 aliphatic heterocycles. The fourth-order valence-electron chi connectivity index (χ4n) is 2.26. The fraction of sp³-hybridized carbons (Fsp3) is 0.167. The summed E-state index contributed by atoms with van der Waals surface area (Å²) in [4.78, 5) is 4.37. The highest BCUT2D eigenvalue weighted by molar-refractivity contribution is 5.38. The van der Waals surface area contributed by atoms with E-state index in [2.05, 4.69) is 44.9 Å². The van der Waals surface area contributed by atoms with Crippen LogP contribution in [-0.2, 0) is 13.1 Å². The van der Waals surface area contributed by atoms with Crippen LogP contribution in [0.2, 0.25) is 0 Å². The maximum atomic E-state index is 12.9. The molecule has 0 fully saturated rings. The van der Waals surface area contributed by atoms with Crippen LogP contribution in [0.4, 0.5) is 16.2 Å². The zero-order valence-electron chi connectivity index (χ0n) is 13.3. The molecule has 0 atom stereocenters. The molecular formula is C18H18FN5. The summed E-state index contributed by atoms with van der Waals surface area (Å²) in [7, 11) is 0. The lowest BCUT2D eigenvalue weighted by atomic mass is 10.1. The highest BCUT2D eigenvalue weighted by Crippen LogP contribution is 2.10. The van der Waals surface area contributed by atoms with Crippen LogP contribution in [-0.4, -0.2) is 15.2 Å². The first-order chi connectivity index (χ1) is 11.7. The number of hydrogen-bond donors (Lipinski definition) is 2. The van der Waals surface area contributed by atoms with Gasteiger partial charge in [0, 0.05) is 13.1 Å². The second kappa shape index (κ2) is 7.50. The quantitative estimate of drug-likeness (QED) is 0.726. The molecule has 0 radical (unpaired) electrons. The van der Waals surface area contributed by atoms with Crippen LogP contribution in [0.3, 0.4) is 0 Å². The molecule has 122 valence electrons. The van der Waals surface area contributed by atoms with Crippen LogP contribution in [0, 0.1) is 12.7 Å². The van der Waals surface area contributed by atoms with Gasteiger partial charge in [0.25, 0.3) is 0 Å². The molecule has 0 amide bonds. The number of rotatable bonds is 6. The molecule has 0 saturated carbocycles. The number of nitrogens with one attached hydrogen (secondary N) is 2. The molecule has 2 aromatic carbocycles. The molecule has 3 aromatic rings. The van der Waals surface area contributed by atoms with Gasteiger partial charge in [0.15, 0.2) is 5.82 Å². The van der Waals surface area contributed by atoms with E-state index in [0.717, 1.165) is 11.1 Å².